The number of rotatable bonds is 6. The minimum atomic E-state index is -0.279. The zero-order valence-electron chi connectivity index (χ0n) is 16.7. The number of carbonyl (C=O) groups is 1. The first-order valence-electron chi connectivity index (χ1n) is 9.49. The van der Waals surface area contributed by atoms with E-state index in [9.17, 15) is 9.59 Å². The van der Waals surface area contributed by atoms with Crippen LogP contribution in [-0.4, -0.2) is 22.6 Å². The van der Waals surface area contributed by atoms with Gasteiger partial charge in [-0.2, -0.15) is 0 Å². The number of nitrogens with one attached hydrogen (secondary N) is 1. The Hall–Kier alpha value is -3.87. The second-order valence-electron chi connectivity index (χ2n) is 6.91. The van der Waals surface area contributed by atoms with Crippen LogP contribution >= 0.6 is 0 Å². The third kappa shape index (κ3) is 3.96. The van der Waals surface area contributed by atoms with Crippen molar-refractivity contribution in [3.63, 3.8) is 0 Å². The van der Waals surface area contributed by atoms with E-state index in [1.54, 1.807) is 44.7 Å². The summed E-state index contributed by atoms with van der Waals surface area (Å²) in [5.74, 6) is 1.15. The van der Waals surface area contributed by atoms with Crippen LogP contribution in [0.5, 0.6) is 5.75 Å². The number of benzene rings is 1. The fourth-order valence-corrected chi connectivity index (χ4v) is 3.25. The molecule has 3 aromatic heterocycles. The van der Waals surface area contributed by atoms with Gasteiger partial charge in [-0.3, -0.25) is 14.6 Å². The van der Waals surface area contributed by atoms with Gasteiger partial charge >= 0.3 is 0 Å². The Labute approximate surface area is 172 Å². The molecule has 0 bridgehead atoms. The van der Waals surface area contributed by atoms with Crippen molar-refractivity contribution >= 4 is 16.8 Å². The number of hydrogen-bond donors (Lipinski definition) is 1. The number of hydrogen-bond acceptors (Lipinski definition) is 5. The van der Waals surface area contributed by atoms with E-state index >= 15 is 0 Å². The van der Waals surface area contributed by atoms with Crippen LogP contribution in [0.1, 0.15) is 27.4 Å². The molecule has 3 heterocycles. The number of pyridine rings is 2. The molecule has 7 nitrogen and oxygen atoms in total. The highest BCUT2D eigenvalue weighted by Crippen LogP contribution is 2.15. The number of furan rings is 1. The lowest BCUT2D eigenvalue weighted by atomic mass is 10.1. The van der Waals surface area contributed by atoms with Crippen molar-refractivity contribution in [3.05, 3.63) is 93.9 Å². The van der Waals surface area contributed by atoms with Crippen LogP contribution in [-0.2, 0) is 13.1 Å². The molecule has 152 valence electrons. The summed E-state index contributed by atoms with van der Waals surface area (Å²) in [6, 6.07) is 14.4. The average Bonchev–Trinajstić information content (AvgIpc) is 3.27. The molecule has 30 heavy (non-hydrogen) atoms. The Morgan fingerprint density at radius 1 is 1.20 bits per heavy atom. The molecule has 0 fully saturated rings. The molecule has 4 rings (SSSR count). The monoisotopic (exact) mass is 403 g/mol. The maximum Gasteiger partial charge on any atom is 0.260 e. The molecule has 0 saturated carbocycles. The average molecular weight is 403 g/mol. The predicted octanol–water partition coefficient (Wildman–Crippen LogP) is 3.28. The van der Waals surface area contributed by atoms with Gasteiger partial charge in [0.25, 0.3) is 11.5 Å². The maximum atomic E-state index is 12.9. The van der Waals surface area contributed by atoms with Gasteiger partial charge in [-0.15, -0.1) is 0 Å². The number of carbonyl (C=O) groups excluding carboxylic acids is 1. The summed E-state index contributed by atoms with van der Waals surface area (Å²) in [7, 11) is 1.61. The molecule has 0 spiro atoms. The Morgan fingerprint density at radius 2 is 2.00 bits per heavy atom. The lowest BCUT2D eigenvalue weighted by Gasteiger charge is -2.10. The molecule has 0 atom stereocenters. The first-order valence-corrected chi connectivity index (χ1v) is 9.49. The van der Waals surface area contributed by atoms with Crippen molar-refractivity contribution in [2.24, 2.45) is 0 Å². The first kappa shape index (κ1) is 19.4. The standard InChI is InChI=1S/C23H21N3O4/c1-15-19(22(27)24-13-16-5-7-17(29-2)8-6-16)12-20-21(25-15)9-10-26(23(20)28)14-18-4-3-11-30-18/h3-12H,13-14H2,1-2H3,(H,24,27). The van der Waals surface area contributed by atoms with E-state index in [-0.39, 0.29) is 11.5 Å². The van der Waals surface area contributed by atoms with Gasteiger partial charge in [0, 0.05) is 12.7 Å². The minimum Gasteiger partial charge on any atom is -0.497 e. The van der Waals surface area contributed by atoms with E-state index in [1.807, 2.05) is 30.3 Å². The number of aryl methyl sites for hydroxylation is 1. The maximum absolute atomic E-state index is 12.9. The predicted molar refractivity (Wildman–Crippen MR) is 113 cm³/mol. The van der Waals surface area contributed by atoms with Crippen molar-refractivity contribution in [2.45, 2.75) is 20.0 Å². The van der Waals surface area contributed by atoms with Crippen molar-refractivity contribution in [1.82, 2.24) is 14.9 Å². The second-order valence-corrected chi connectivity index (χ2v) is 6.91. The summed E-state index contributed by atoms with van der Waals surface area (Å²) in [6.07, 6.45) is 3.25. The SMILES string of the molecule is COc1ccc(CNC(=O)c2cc3c(=O)n(Cc4ccco4)ccc3nc2C)cc1. The zero-order chi connectivity index (χ0) is 21.1. The van der Waals surface area contributed by atoms with E-state index in [1.165, 1.54) is 4.57 Å². The summed E-state index contributed by atoms with van der Waals surface area (Å²) >= 11 is 0. The molecular weight excluding hydrogens is 382 g/mol. The lowest BCUT2D eigenvalue weighted by molar-refractivity contribution is 0.0950. The molecule has 0 radical (unpaired) electrons. The Balaban J connectivity index is 1.59. The van der Waals surface area contributed by atoms with Crippen LogP contribution in [0.2, 0.25) is 0 Å². The third-order valence-electron chi connectivity index (χ3n) is 4.91. The number of nitrogens with zero attached hydrogens (tertiary/aromatic N) is 2. The number of amides is 1. The highest BCUT2D eigenvalue weighted by atomic mass is 16.5. The fraction of sp³-hybridized carbons (Fsp3) is 0.174. The summed E-state index contributed by atoms with van der Waals surface area (Å²) in [5, 5.41) is 3.28. The van der Waals surface area contributed by atoms with Crippen molar-refractivity contribution in [1.29, 1.82) is 0 Å². The van der Waals surface area contributed by atoms with Crippen molar-refractivity contribution < 1.29 is 13.9 Å². The largest absolute Gasteiger partial charge is 0.497 e. The van der Waals surface area contributed by atoms with Gasteiger partial charge in [-0.1, -0.05) is 12.1 Å². The molecule has 0 saturated heterocycles. The molecule has 0 unspecified atom stereocenters. The number of methoxy groups -OCH3 is 1. The highest BCUT2D eigenvalue weighted by molar-refractivity contribution is 5.98. The van der Waals surface area contributed by atoms with E-state index in [2.05, 4.69) is 10.3 Å². The fourth-order valence-electron chi connectivity index (χ4n) is 3.25. The van der Waals surface area contributed by atoms with Crippen LogP contribution in [0.3, 0.4) is 0 Å². The molecule has 1 amide bonds. The van der Waals surface area contributed by atoms with Gasteiger partial charge in [0.1, 0.15) is 11.5 Å². The summed E-state index contributed by atoms with van der Waals surface area (Å²) < 4.78 is 12.0. The minimum absolute atomic E-state index is 0.222. The summed E-state index contributed by atoms with van der Waals surface area (Å²) in [4.78, 5) is 30.1. The van der Waals surface area contributed by atoms with E-state index < -0.39 is 0 Å². The van der Waals surface area contributed by atoms with Crippen LogP contribution in [0.25, 0.3) is 10.9 Å². The van der Waals surface area contributed by atoms with Gasteiger partial charge < -0.3 is 19.0 Å². The summed E-state index contributed by atoms with van der Waals surface area (Å²) in [6.45, 7) is 2.43. The van der Waals surface area contributed by atoms with Gasteiger partial charge in [0.15, 0.2) is 0 Å². The third-order valence-corrected chi connectivity index (χ3v) is 4.91. The van der Waals surface area contributed by atoms with Crippen LogP contribution in [0.15, 0.2) is 70.2 Å². The van der Waals surface area contributed by atoms with E-state index in [0.717, 1.165) is 11.3 Å². The molecule has 0 aliphatic carbocycles. The normalized spacial score (nSPS) is 10.9. The smallest absolute Gasteiger partial charge is 0.260 e. The molecule has 4 aromatic rings. The first-order chi connectivity index (χ1) is 14.5. The van der Waals surface area contributed by atoms with Gasteiger partial charge in [-0.25, -0.2) is 0 Å². The molecule has 0 aliphatic heterocycles. The quantitative estimate of drug-likeness (QED) is 0.534. The Morgan fingerprint density at radius 3 is 2.70 bits per heavy atom. The van der Waals surface area contributed by atoms with Crippen molar-refractivity contribution in [2.75, 3.05) is 7.11 Å². The molecule has 7 heteroatoms. The Kier molecular flexibility index (Phi) is 5.34. The van der Waals surface area contributed by atoms with E-state index in [0.29, 0.717) is 41.0 Å². The number of fused-ring (bicyclic) bond motifs is 1. The molecule has 0 aliphatic rings. The van der Waals surface area contributed by atoms with Crippen molar-refractivity contribution in [3.8, 4) is 5.75 Å². The number of ether oxygens (including phenoxy) is 1. The molecule has 1 aromatic carbocycles. The molecular formula is C23H21N3O4. The van der Waals surface area contributed by atoms with Gasteiger partial charge in [-0.05, 0) is 48.9 Å². The summed E-state index contributed by atoms with van der Waals surface area (Å²) in [5.41, 5.74) is 2.22. The second kappa shape index (κ2) is 8.24. The molecule has 1 N–H and O–H groups in total. The lowest BCUT2D eigenvalue weighted by Crippen LogP contribution is -2.25. The van der Waals surface area contributed by atoms with Gasteiger partial charge in [0.2, 0.25) is 0 Å². The Bertz CT molecular complexity index is 1240. The van der Waals surface area contributed by atoms with Crippen LogP contribution in [0.4, 0.5) is 0 Å². The zero-order valence-corrected chi connectivity index (χ0v) is 16.7. The van der Waals surface area contributed by atoms with Crippen LogP contribution < -0.4 is 15.6 Å². The van der Waals surface area contributed by atoms with Crippen LogP contribution in [0, 0.1) is 6.92 Å². The van der Waals surface area contributed by atoms with E-state index in [4.69, 9.17) is 9.15 Å². The van der Waals surface area contributed by atoms with Gasteiger partial charge in [0.05, 0.1) is 42.1 Å². The number of aromatic nitrogens is 2. The highest BCUT2D eigenvalue weighted by Gasteiger charge is 2.14. The topological polar surface area (TPSA) is 86.4 Å².